The number of carboxylic acids is 1. The van der Waals surface area contributed by atoms with Gasteiger partial charge < -0.3 is 10.4 Å². The molecule has 0 aliphatic carbocycles. The van der Waals surface area contributed by atoms with E-state index in [-0.39, 0.29) is 16.9 Å². The van der Waals surface area contributed by atoms with Gasteiger partial charge in [0.15, 0.2) is 6.10 Å². The predicted molar refractivity (Wildman–Crippen MR) is 129 cm³/mol. The van der Waals surface area contributed by atoms with Crippen molar-refractivity contribution in [1.29, 1.82) is 0 Å². The highest BCUT2D eigenvalue weighted by atomic mass is 32.2. The first kappa shape index (κ1) is 26.7. The van der Waals surface area contributed by atoms with E-state index >= 15 is 0 Å². The number of carboxylic acid groups (broad SMARTS) is 1. The number of benzene rings is 1. The van der Waals surface area contributed by atoms with Gasteiger partial charge in [0.25, 0.3) is 5.91 Å². The summed E-state index contributed by atoms with van der Waals surface area (Å²) in [5.74, 6) is -1.76. The van der Waals surface area contributed by atoms with Crippen molar-refractivity contribution >= 4 is 21.9 Å². The minimum atomic E-state index is -4.13. The number of aryl methyl sites for hydroxylation is 3. The zero-order chi connectivity index (χ0) is 25.8. The molecule has 4 atom stereocenters. The minimum absolute atomic E-state index is 0.0360. The number of hydroxylamine groups is 1. The average molecular weight is 505 g/mol. The molecule has 1 aromatic carbocycles. The predicted octanol–water partition coefficient (Wildman–Crippen LogP) is 1.71. The highest BCUT2D eigenvalue weighted by Gasteiger charge is 2.34. The summed E-state index contributed by atoms with van der Waals surface area (Å²) in [5.41, 5.74) is 5.73. The highest BCUT2D eigenvalue weighted by Crippen LogP contribution is 2.24. The van der Waals surface area contributed by atoms with E-state index in [0.29, 0.717) is 24.0 Å². The summed E-state index contributed by atoms with van der Waals surface area (Å²) < 4.78 is 28.1. The van der Waals surface area contributed by atoms with Crippen LogP contribution in [0.25, 0.3) is 0 Å². The van der Waals surface area contributed by atoms with Crippen LogP contribution in [0.5, 0.6) is 0 Å². The number of hydrogen-bond acceptors (Lipinski definition) is 7. The van der Waals surface area contributed by atoms with Gasteiger partial charge in [-0.1, -0.05) is 30.7 Å². The van der Waals surface area contributed by atoms with Crippen LogP contribution in [0, 0.1) is 20.8 Å². The molecule has 1 aliphatic rings. The molecule has 4 N–H and O–H groups in total. The lowest BCUT2D eigenvalue weighted by Crippen LogP contribution is -2.50. The second-order valence-electron chi connectivity index (χ2n) is 9.03. The van der Waals surface area contributed by atoms with Crippen LogP contribution < -0.4 is 15.5 Å². The Morgan fingerprint density at radius 3 is 2.51 bits per heavy atom. The molecule has 1 amide bonds. The molecular weight excluding hydrogens is 472 g/mol. The van der Waals surface area contributed by atoms with Crippen molar-refractivity contribution in [2.45, 2.75) is 69.5 Å². The third-order valence-electron chi connectivity index (χ3n) is 5.95. The molecule has 2 heterocycles. The summed E-state index contributed by atoms with van der Waals surface area (Å²) in [4.78, 5) is 34.1. The van der Waals surface area contributed by atoms with E-state index in [1.165, 1.54) is 0 Å². The summed E-state index contributed by atoms with van der Waals surface area (Å²) in [5, 5.41) is 12.1. The van der Waals surface area contributed by atoms with Gasteiger partial charge in [0, 0.05) is 30.9 Å². The maximum Gasteiger partial charge on any atom is 0.323 e. The summed E-state index contributed by atoms with van der Waals surface area (Å²) in [6, 6.07) is 7.52. The summed E-state index contributed by atoms with van der Waals surface area (Å²) in [7, 11) is -4.13. The Labute approximate surface area is 205 Å². The quantitative estimate of drug-likeness (QED) is 0.382. The van der Waals surface area contributed by atoms with Crippen molar-refractivity contribution in [3.63, 3.8) is 0 Å². The molecule has 10 nitrogen and oxygen atoms in total. The van der Waals surface area contributed by atoms with Crippen molar-refractivity contribution in [3.8, 4) is 0 Å². The topological polar surface area (TPSA) is 147 Å². The lowest BCUT2D eigenvalue weighted by Gasteiger charge is -2.19. The third-order valence-corrected chi connectivity index (χ3v) is 7.72. The summed E-state index contributed by atoms with van der Waals surface area (Å²) >= 11 is 0. The van der Waals surface area contributed by atoms with Gasteiger partial charge in [-0.15, -0.1) is 0 Å². The Hall–Kier alpha value is -2.86. The molecule has 1 aromatic heterocycles. The van der Waals surface area contributed by atoms with Crippen LogP contribution in [0.4, 0.5) is 0 Å². The van der Waals surface area contributed by atoms with Crippen LogP contribution in [-0.2, 0) is 24.4 Å². The van der Waals surface area contributed by atoms with Crippen LogP contribution in [0.15, 0.2) is 41.4 Å². The van der Waals surface area contributed by atoms with Crippen LogP contribution in [0.2, 0.25) is 0 Å². The number of nitrogens with one attached hydrogen (secondary N) is 3. The molecule has 190 valence electrons. The number of carbonyl (C=O) groups is 2. The fourth-order valence-corrected chi connectivity index (χ4v) is 6.03. The van der Waals surface area contributed by atoms with Crippen LogP contribution in [-0.4, -0.2) is 55.1 Å². The number of aliphatic carboxylic acids is 1. The fourth-order valence-electron chi connectivity index (χ4n) is 4.39. The van der Waals surface area contributed by atoms with Crippen LogP contribution >= 0.6 is 0 Å². The molecule has 4 unspecified atom stereocenters. The van der Waals surface area contributed by atoms with Gasteiger partial charge in [0.1, 0.15) is 6.04 Å². The Morgan fingerprint density at radius 2 is 1.91 bits per heavy atom. The first-order valence-electron chi connectivity index (χ1n) is 11.4. The van der Waals surface area contributed by atoms with Crippen LogP contribution in [0.1, 0.15) is 48.1 Å². The molecule has 3 rings (SSSR count). The number of aromatic nitrogens is 1. The first-order valence-corrected chi connectivity index (χ1v) is 12.9. The van der Waals surface area contributed by atoms with E-state index in [1.807, 2.05) is 32.0 Å². The number of nitrogens with zero attached hydrogens (tertiary/aromatic N) is 1. The first-order chi connectivity index (χ1) is 16.5. The second kappa shape index (κ2) is 11.3. The van der Waals surface area contributed by atoms with E-state index in [1.54, 1.807) is 32.2 Å². The number of rotatable bonds is 10. The maximum absolute atomic E-state index is 12.9. The van der Waals surface area contributed by atoms with Gasteiger partial charge in [-0.3, -0.25) is 19.4 Å². The van der Waals surface area contributed by atoms with Crippen molar-refractivity contribution in [2.75, 3.05) is 6.54 Å². The zero-order valence-electron chi connectivity index (χ0n) is 20.2. The van der Waals surface area contributed by atoms with E-state index in [2.05, 4.69) is 20.5 Å². The number of amides is 1. The summed E-state index contributed by atoms with van der Waals surface area (Å²) in [6.07, 6.45) is 2.01. The molecule has 2 aromatic rings. The lowest BCUT2D eigenvalue weighted by molar-refractivity contribution is -0.139. The molecule has 0 radical (unpaired) electrons. The van der Waals surface area contributed by atoms with E-state index in [9.17, 15) is 23.1 Å². The maximum atomic E-state index is 12.9. The Bertz CT molecular complexity index is 1150. The molecule has 1 fully saturated rings. The zero-order valence-corrected chi connectivity index (χ0v) is 21.1. The normalized spacial score (nSPS) is 19.8. The molecule has 0 bridgehead atoms. The standard InChI is InChI=1S/C24H32N4O6S/c1-14-9-16(3)22(17(4)10-14)35(32,33)28-20(24(30)31)13-26-23(29)21-12-18(27-34-21)11-15(2)19-7-5-6-8-25-19/h5-10,15,18,20-21,27-28H,11-13H2,1-4H3,(H,26,29)(H,30,31). The Kier molecular flexibility index (Phi) is 8.60. The summed E-state index contributed by atoms with van der Waals surface area (Å²) in [6.45, 7) is 6.77. The van der Waals surface area contributed by atoms with Crippen molar-refractivity contribution < 1.29 is 28.0 Å². The van der Waals surface area contributed by atoms with Gasteiger partial charge in [-0.05, 0) is 56.4 Å². The van der Waals surface area contributed by atoms with Crippen LogP contribution in [0.3, 0.4) is 0 Å². The van der Waals surface area contributed by atoms with Gasteiger partial charge >= 0.3 is 5.97 Å². The van der Waals surface area contributed by atoms with Gasteiger partial charge in [0.05, 0.1) is 4.90 Å². The van der Waals surface area contributed by atoms with Crippen molar-refractivity contribution in [2.24, 2.45) is 0 Å². The number of sulfonamides is 1. The molecular formula is C24H32N4O6S. The number of pyridine rings is 1. The largest absolute Gasteiger partial charge is 0.480 e. The van der Waals surface area contributed by atoms with E-state index in [0.717, 1.165) is 11.3 Å². The monoisotopic (exact) mass is 504 g/mol. The molecule has 11 heteroatoms. The van der Waals surface area contributed by atoms with Crippen molar-refractivity contribution in [3.05, 3.63) is 58.9 Å². The SMILES string of the molecule is Cc1cc(C)c(S(=O)(=O)NC(CNC(=O)C2CC(CC(C)c3ccccn3)NO2)C(=O)O)c(C)c1. The second-order valence-corrected chi connectivity index (χ2v) is 10.7. The lowest BCUT2D eigenvalue weighted by atomic mass is 9.95. The molecule has 0 saturated carbocycles. The van der Waals surface area contributed by atoms with Gasteiger partial charge in [-0.25, -0.2) is 8.42 Å². The molecule has 1 saturated heterocycles. The van der Waals surface area contributed by atoms with E-state index in [4.69, 9.17) is 4.84 Å². The Balaban J connectivity index is 1.57. The van der Waals surface area contributed by atoms with E-state index < -0.39 is 40.6 Å². The van der Waals surface area contributed by atoms with Gasteiger partial charge in [0.2, 0.25) is 10.0 Å². The molecule has 0 spiro atoms. The smallest absolute Gasteiger partial charge is 0.323 e. The number of carbonyl (C=O) groups excluding carboxylic acids is 1. The number of hydrogen-bond donors (Lipinski definition) is 4. The van der Waals surface area contributed by atoms with Crippen molar-refractivity contribution in [1.82, 2.24) is 20.5 Å². The Morgan fingerprint density at radius 1 is 1.23 bits per heavy atom. The highest BCUT2D eigenvalue weighted by molar-refractivity contribution is 7.89. The average Bonchev–Trinajstić information content (AvgIpc) is 3.24. The molecule has 1 aliphatic heterocycles. The fraction of sp³-hybridized carbons (Fsp3) is 0.458. The third kappa shape index (κ3) is 6.85. The minimum Gasteiger partial charge on any atom is -0.480 e. The van der Waals surface area contributed by atoms with Gasteiger partial charge in [-0.2, -0.15) is 10.2 Å². The molecule has 35 heavy (non-hydrogen) atoms.